The number of carboxylic acids is 1. The lowest BCUT2D eigenvalue weighted by Crippen LogP contribution is -2.20. The molecule has 1 aliphatic rings. The zero-order chi connectivity index (χ0) is 15.7. The molecule has 2 N–H and O–H groups in total. The number of anilines is 1. The molecule has 1 unspecified atom stereocenters. The number of nitrogens with one attached hydrogen (secondary N) is 1. The summed E-state index contributed by atoms with van der Waals surface area (Å²) in [5, 5.41) is 11.9. The van der Waals surface area contributed by atoms with E-state index in [9.17, 15) is 4.79 Å². The third kappa shape index (κ3) is 2.65. The highest BCUT2D eigenvalue weighted by Crippen LogP contribution is 2.34. The van der Waals surface area contributed by atoms with Crippen LogP contribution in [0.15, 0.2) is 47.5 Å². The Bertz CT molecular complexity index is 756. The highest BCUT2D eigenvalue weighted by molar-refractivity contribution is 7.80. The van der Waals surface area contributed by atoms with E-state index in [1.165, 1.54) is 0 Å². The molecule has 22 heavy (non-hydrogen) atoms. The van der Waals surface area contributed by atoms with Crippen LogP contribution in [0.2, 0.25) is 0 Å². The van der Waals surface area contributed by atoms with Crippen LogP contribution in [-0.4, -0.2) is 24.0 Å². The summed E-state index contributed by atoms with van der Waals surface area (Å²) in [6.45, 7) is 0. The summed E-state index contributed by atoms with van der Waals surface area (Å²) in [7, 11) is 1.62. The molecule has 1 heterocycles. The summed E-state index contributed by atoms with van der Waals surface area (Å²) >= 11 is 4.46. The maximum absolute atomic E-state index is 11.0. The zero-order valence-corrected chi connectivity index (χ0v) is 12.7. The molecule has 5 nitrogen and oxygen atoms in total. The molecule has 1 aliphatic heterocycles. The van der Waals surface area contributed by atoms with Gasteiger partial charge >= 0.3 is 5.97 Å². The van der Waals surface area contributed by atoms with E-state index >= 15 is 0 Å². The third-order valence-electron chi connectivity index (χ3n) is 3.44. The van der Waals surface area contributed by atoms with Gasteiger partial charge in [0.05, 0.1) is 12.7 Å². The fourth-order valence-corrected chi connectivity index (χ4v) is 2.60. The number of carboxylic acid groups (broad SMARTS) is 1. The fraction of sp³-hybridized carbons (Fsp3) is 0.125. The Morgan fingerprint density at radius 1 is 1.27 bits per heavy atom. The molecule has 112 valence electrons. The molecule has 0 aromatic heterocycles. The molecular weight excluding hydrogens is 300 g/mol. The Labute approximate surface area is 133 Å². The molecule has 0 radical (unpaired) electrons. The highest BCUT2D eigenvalue weighted by atomic mass is 32.1. The number of rotatable bonds is 3. The number of methoxy groups -OCH3 is 1. The number of ether oxygens (including phenoxy) is 1. The smallest absolute Gasteiger partial charge is 0.335 e. The average Bonchev–Trinajstić information content (AvgIpc) is 2.54. The first-order valence-corrected chi connectivity index (χ1v) is 7.14. The van der Waals surface area contributed by atoms with E-state index in [0.717, 1.165) is 22.6 Å². The number of hydrogen-bond acceptors (Lipinski definition) is 5. The second-order valence-electron chi connectivity index (χ2n) is 4.81. The van der Waals surface area contributed by atoms with E-state index < -0.39 is 11.3 Å². The molecule has 6 heteroatoms. The van der Waals surface area contributed by atoms with E-state index in [4.69, 9.17) is 9.84 Å². The molecular formula is C16H14N2O3S. The fourth-order valence-electron chi connectivity index (χ4n) is 2.27. The van der Waals surface area contributed by atoms with Gasteiger partial charge in [-0.05, 0) is 42.5 Å². The van der Waals surface area contributed by atoms with Gasteiger partial charge in [0.2, 0.25) is 0 Å². The van der Waals surface area contributed by atoms with Crippen LogP contribution in [0.25, 0.3) is 0 Å². The first kappa shape index (κ1) is 14.5. The summed E-state index contributed by atoms with van der Waals surface area (Å²) in [4.78, 5) is 15.5. The van der Waals surface area contributed by atoms with E-state index in [1.807, 2.05) is 24.3 Å². The van der Waals surface area contributed by atoms with Gasteiger partial charge in [-0.3, -0.25) is 0 Å². The normalized spacial score (nSPS) is 16.3. The maximum atomic E-state index is 11.0. The van der Waals surface area contributed by atoms with Gasteiger partial charge in [-0.1, -0.05) is 0 Å². The molecule has 0 fully saturated rings. The first-order chi connectivity index (χ1) is 10.6. The molecule has 2 aromatic carbocycles. The lowest BCUT2D eigenvalue weighted by molar-refractivity contribution is 0.0697. The van der Waals surface area contributed by atoms with E-state index in [-0.39, 0.29) is 5.56 Å². The Morgan fingerprint density at radius 3 is 2.64 bits per heavy atom. The summed E-state index contributed by atoms with van der Waals surface area (Å²) in [5.74, 6) is 0.501. The van der Waals surface area contributed by atoms with Crippen LogP contribution < -0.4 is 10.1 Å². The number of aliphatic imine (C=N–C) groups is 1. The third-order valence-corrected chi connectivity index (χ3v) is 3.84. The largest absolute Gasteiger partial charge is 0.497 e. The standard InChI is InChI=1S/C16H14N2O3S/c1-21-11-5-2-9(3-6-11)14-17-13-7-4-10(16(19)20)8-12(13)15(22)18-14/h2-8,15,22H,1H3,(H,17,18)(H,19,20). The Balaban J connectivity index is 1.94. The minimum absolute atomic E-state index is 0.225. The molecule has 0 aliphatic carbocycles. The molecule has 3 rings (SSSR count). The SMILES string of the molecule is COc1ccc(C2=NC(S)c3cc(C(=O)O)ccc3N2)cc1. The highest BCUT2D eigenvalue weighted by Gasteiger charge is 2.21. The summed E-state index contributed by atoms with van der Waals surface area (Å²) in [5.41, 5.74) is 2.70. The zero-order valence-electron chi connectivity index (χ0n) is 11.8. The van der Waals surface area contributed by atoms with Gasteiger partial charge in [-0.15, -0.1) is 12.6 Å². The number of amidine groups is 1. The van der Waals surface area contributed by atoms with Crippen molar-refractivity contribution in [3.63, 3.8) is 0 Å². The van der Waals surface area contributed by atoms with Crippen molar-refractivity contribution in [3.8, 4) is 5.75 Å². The topological polar surface area (TPSA) is 70.9 Å². The van der Waals surface area contributed by atoms with Crippen molar-refractivity contribution in [1.82, 2.24) is 0 Å². The van der Waals surface area contributed by atoms with Crippen molar-refractivity contribution in [1.29, 1.82) is 0 Å². The monoisotopic (exact) mass is 314 g/mol. The molecule has 0 saturated carbocycles. The first-order valence-electron chi connectivity index (χ1n) is 6.63. The predicted molar refractivity (Wildman–Crippen MR) is 88.3 cm³/mol. The lowest BCUT2D eigenvalue weighted by Gasteiger charge is -2.23. The molecule has 1 atom stereocenters. The average molecular weight is 314 g/mol. The van der Waals surface area contributed by atoms with Crippen LogP contribution in [-0.2, 0) is 0 Å². The van der Waals surface area contributed by atoms with E-state index in [0.29, 0.717) is 5.84 Å². The van der Waals surface area contributed by atoms with Crippen LogP contribution in [0.3, 0.4) is 0 Å². The number of hydrogen-bond donors (Lipinski definition) is 3. The summed E-state index contributed by atoms with van der Waals surface area (Å²) in [6, 6.07) is 12.4. The van der Waals surface area contributed by atoms with Gasteiger partial charge in [0.25, 0.3) is 0 Å². The van der Waals surface area contributed by atoms with Crippen LogP contribution in [0.1, 0.15) is 26.9 Å². The Hall–Kier alpha value is -2.47. The van der Waals surface area contributed by atoms with Gasteiger partial charge < -0.3 is 15.2 Å². The van der Waals surface area contributed by atoms with Crippen molar-refractivity contribution < 1.29 is 14.6 Å². The van der Waals surface area contributed by atoms with E-state index in [2.05, 4.69) is 22.9 Å². The van der Waals surface area contributed by atoms with Crippen LogP contribution in [0, 0.1) is 0 Å². The minimum Gasteiger partial charge on any atom is -0.497 e. The minimum atomic E-state index is -0.965. The summed E-state index contributed by atoms with van der Waals surface area (Å²) in [6.07, 6.45) is 0. The molecule has 0 amide bonds. The maximum Gasteiger partial charge on any atom is 0.335 e. The molecule has 0 bridgehead atoms. The van der Waals surface area contributed by atoms with Crippen molar-refractivity contribution in [3.05, 3.63) is 59.2 Å². The van der Waals surface area contributed by atoms with Gasteiger partial charge in [-0.25, -0.2) is 9.79 Å². The number of thiol groups is 1. The summed E-state index contributed by atoms with van der Waals surface area (Å²) < 4.78 is 5.14. The van der Waals surface area contributed by atoms with Gasteiger partial charge in [0.15, 0.2) is 0 Å². The lowest BCUT2D eigenvalue weighted by atomic mass is 10.1. The molecule has 2 aromatic rings. The van der Waals surface area contributed by atoms with Gasteiger partial charge in [0, 0.05) is 16.8 Å². The Morgan fingerprint density at radius 2 is 2.00 bits per heavy atom. The van der Waals surface area contributed by atoms with Crippen molar-refractivity contribution in [2.24, 2.45) is 4.99 Å². The van der Waals surface area contributed by atoms with Crippen LogP contribution in [0.5, 0.6) is 5.75 Å². The number of benzene rings is 2. The van der Waals surface area contributed by atoms with Gasteiger partial charge in [-0.2, -0.15) is 0 Å². The van der Waals surface area contributed by atoms with E-state index in [1.54, 1.807) is 25.3 Å². The molecule has 0 saturated heterocycles. The van der Waals surface area contributed by atoms with Gasteiger partial charge in [0.1, 0.15) is 17.0 Å². The number of fused-ring (bicyclic) bond motifs is 1. The Kier molecular flexibility index (Phi) is 3.77. The number of carbonyl (C=O) groups is 1. The van der Waals surface area contributed by atoms with Crippen molar-refractivity contribution in [2.45, 2.75) is 5.37 Å². The quantitative estimate of drug-likeness (QED) is 0.761. The number of aromatic carboxylic acids is 1. The second kappa shape index (κ2) is 5.73. The molecule has 0 spiro atoms. The van der Waals surface area contributed by atoms with Crippen molar-refractivity contribution in [2.75, 3.05) is 12.4 Å². The second-order valence-corrected chi connectivity index (χ2v) is 5.30. The van der Waals surface area contributed by atoms with Crippen LogP contribution >= 0.6 is 12.6 Å². The van der Waals surface area contributed by atoms with Crippen molar-refractivity contribution >= 4 is 30.1 Å². The van der Waals surface area contributed by atoms with Crippen LogP contribution in [0.4, 0.5) is 5.69 Å². The number of nitrogens with zero attached hydrogens (tertiary/aromatic N) is 1. The predicted octanol–water partition coefficient (Wildman–Crippen LogP) is 3.19.